The van der Waals surface area contributed by atoms with E-state index in [1.165, 1.54) is 0 Å². The van der Waals surface area contributed by atoms with E-state index in [4.69, 9.17) is 34.8 Å². The van der Waals surface area contributed by atoms with Crippen LogP contribution >= 0.6 is 34.8 Å². The molecule has 0 saturated heterocycles. The van der Waals surface area contributed by atoms with Gasteiger partial charge >= 0.3 is 12.4 Å². The second-order valence-electron chi connectivity index (χ2n) is 8.42. The molecule has 4 nitrogen and oxygen atoms in total. The van der Waals surface area contributed by atoms with Crippen LogP contribution in [0.4, 0.5) is 30.7 Å². The van der Waals surface area contributed by atoms with Gasteiger partial charge in [0.2, 0.25) is 5.91 Å². The maximum Gasteiger partial charge on any atom is 0.417 e. The second kappa shape index (κ2) is 13.3. The van der Waals surface area contributed by atoms with Crippen LogP contribution in [0.2, 0.25) is 15.1 Å². The van der Waals surface area contributed by atoms with Gasteiger partial charge in [-0.1, -0.05) is 59.1 Å². The van der Waals surface area contributed by atoms with Crippen molar-refractivity contribution in [1.29, 1.82) is 0 Å². The average Bonchev–Trinajstić information content (AvgIpc) is 3.66. The van der Waals surface area contributed by atoms with E-state index < -0.39 is 36.1 Å². The highest BCUT2D eigenvalue weighted by Gasteiger charge is 2.48. The Morgan fingerprint density at radius 1 is 1.05 bits per heavy atom. The van der Waals surface area contributed by atoms with Crippen LogP contribution in [0, 0.1) is 0 Å². The molecule has 0 radical (unpaired) electrons. The van der Waals surface area contributed by atoms with Crippen molar-refractivity contribution in [2.24, 2.45) is 0 Å². The highest BCUT2D eigenvalue weighted by molar-refractivity contribution is 6.48. The van der Waals surface area contributed by atoms with Crippen LogP contribution < -0.4 is 10.6 Å². The van der Waals surface area contributed by atoms with E-state index in [0.717, 1.165) is 43.2 Å². The van der Waals surface area contributed by atoms with Gasteiger partial charge in [0.1, 0.15) is 6.67 Å². The molecular formula is C25H22Cl3F7N2O2. The first-order chi connectivity index (χ1) is 18.1. The summed E-state index contributed by atoms with van der Waals surface area (Å²) in [5.41, 5.74) is -2.73. The SMILES string of the molecule is CNC1(C(=O)NCCF)CC1.O=Cc1ccc(/C=C/C(c2cc(Cl)c(Cl)c(Cl)c2)C(F)(F)F)cc1C(F)(F)F. The molecule has 0 aromatic heterocycles. The fourth-order valence-corrected chi connectivity index (χ4v) is 4.06. The molecule has 0 spiro atoms. The Kier molecular flexibility index (Phi) is 11.2. The number of aldehydes is 1. The summed E-state index contributed by atoms with van der Waals surface area (Å²) in [6.07, 6.45) is -6.31. The summed E-state index contributed by atoms with van der Waals surface area (Å²) < 4.78 is 91.0. The van der Waals surface area contributed by atoms with E-state index >= 15 is 0 Å². The zero-order valence-corrected chi connectivity index (χ0v) is 22.4. The van der Waals surface area contributed by atoms with Crippen LogP contribution in [-0.4, -0.2) is 44.2 Å². The molecule has 1 atom stereocenters. The summed E-state index contributed by atoms with van der Waals surface area (Å²) in [5.74, 6) is -2.27. The standard InChI is InChI=1S/C18H9Cl3F6O.C7H13FN2O/c19-14-6-11(7-15(20)16(14)21)12(17(22,23)24)4-2-9-1-3-10(8-28)13(5-9)18(25,26)27;1-9-7(2-3-7)6(11)10-5-4-8/h1-8,12H;9H,2-5H2,1H3,(H,10,11)/b4-2+;. The highest BCUT2D eigenvalue weighted by Crippen LogP contribution is 2.41. The van der Waals surface area contributed by atoms with Crippen LogP contribution in [0.1, 0.15) is 45.8 Å². The first-order valence-corrected chi connectivity index (χ1v) is 12.3. The van der Waals surface area contributed by atoms with E-state index in [9.17, 15) is 40.3 Å². The van der Waals surface area contributed by atoms with Gasteiger partial charge < -0.3 is 10.6 Å². The number of hydrogen-bond acceptors (Lipinski definition) is 3. The maximum absolute atomic E-state index is 13.5. The fraction of sp³-hybridized carbons (Fsp3) is 0.360. The topological polar surface area (TPSA) is 58.2 Å². The molecule has 1 aliphatic rings. The molecule has 214 valence electrons. The Bertz CT molecular complexity index is 1190. The number of likely N-dealkylation sites (N-methyl/N-ethyl adjacent to an activating group) is 1. The van der Waals surface area contributed by atoms with Gasteiger partial charge in [0.25, 0.3) is 0 Å². The molecule has 1 unspecified atom stereocenters. The maximum atomic E-state index is 13.5. The van der Waals surface area contributed by atoms with Crippen LogP contribution in [0.3, 0.4) is 0 Å². The third kappa shape index (κ3) is 8.83. The lowest BCUT2D eigenvalue weighted by atomic mass is 9.96. The van der Waals surface area contributed by atoms with Crippen molar-refractivity contribution in [2.75, 3.05) is 20.3 Å². The van der Waals surface area contributed by atoms with E-state index in [1.54, 1.807) is 7.05 Å². The normalized spacial score (nSPS) is 15.4. The van der Waals surface area contributed by atoms with Crippen LogP contribution in [0.5, 0.6) is 0 Å². The highest BCUT2D eigenvalue weighted by atomic mass is 35.5. The minimum absolute atomic E-state index is 0.0204. The molecule has 2 aromatic carbocycles. The molecule has 1 aliphatic carbocycles. The molecular weight excluding hydrogens is 600 g/mol. The predicted molar refractivity (Wildman–Crippen MR) is 136 cm³/mol. The molecule has 0 aliphatic heterocycles. The molecule has 1 amide bonds. The van der Waals surface area contributed by atoms with Gasteiger partial charge in [-0.3, -0.25) is 9.59 Å². The number of hydrogen-bond donors (Lipinski definition) is 2. The lowest BCUT2D eigenvalue weighted by Gasteiger charge is -2.18. The van der Waals surface area contributed by atoms with Crippen molar-refractivity contribution in [2.45, 2.75) is 36.7 Å². The van der Waals surface area contributed by atoms with Gasteiger partial charge in [0, 0.05) is 12.1 Å². The van der Waals surface area contributed by atoms with Crippen molar-refractivity contribution in [3.8, 4) is 0 Å². The average molecular weight is 622 g/mol. The summed E-state index contributed by atoms with van der Waals surface area (Å²) in [4.78, 5) is 21.9. The number of benzene rings is 2. The number of alkyl halides is 7. The molecule has 1 saturated carbocycles. The minimum atomic E-state index is -4.83. The van der Waals surface area contributed by atoms with Gasteiger partial charge in [-0.15, -0.1) is 0 Å². The fourth-order valence-electron chi connectivity index (χ4n) is 3.44. The van der Waals surface area contributed by atoms with Gasteiger partial charge in [-0.2, -0.15) is 26.3 Å². The van der Waals surface area contributed by atoms with Crippen molar-refractivity contribution < 1.29 is 40.3 Å². The van der Waals surface area contributed by atoms with Crippen molar-refractivity contribution in [3.05, 3.63) is 73.7 Å². The number of carbonyl (C=O) groups is 2. The van der Waals surface area contributed by atoms with E-state index in [1.807, 2.05) is 0 Å². The van der Waals surface area contributed by atoms with Crippen LogP contribution in [-0.2, 0) is 11.0 Å². The Labute approximate surface area is 234 Å². The van der Waals surface area contributed by atoms with Crippen molar-refractivity contribution in [1.82, 2.24) is 10.6 Å². The Balaban J connectivity index is 0.000000404. The summed E-state index contributed by atoms with van der Waals surface area (Å²) in [7, 11) is 1.75. The third-order valence-corrected chi connectivity index (χ3v) is 6.95. The predicted octanol–water partition coefficient (Wildman–Crippen LogP) is 7.66. The van der Waals surface area contributed by atoms with Crippen LogP contribution in [0.25, 0.3) is 6.08 Å². The molecule has 1 fully saturated rings. The smallest absolute Gasteiger partial charge is 0.352 e. The van der Waals surface area contributed by atoms with Gasteiger partial charge in [0.05, 0.1) is 32.1 Å². The van der Waals surface area contributed by atoms with E-state index in [0.29, 0.717) is 12.1 Å². The summed E-state index contributed by atoms with van der Waals surface area (Å²) >= 11 is 17.3. The number of nitrogens with one attached hydrogen (secondary N) is 2. The second-order valence-corrected chi connectivity index (χ2v) is 9.61. The quantitative estimate of drug-likeness (QED) is 0.181. The van der Waals surface area contributed by atoms with E-state index in [-0.39, 0.29) is 50.5 Å². The van der Waals surface area contributed by atoms with Gasteiger partial charge in [-0.25, -0.2) is 4.39 Å². The zero-order chi connectivity index (χ0) is 29.6. The van der Waals surface area contributed by atoms with Crippen molar-refractivity contribution in [3.63, 3.8) is 0 Å². The minimum Gasteiger partial charge on any atom is -0.352 e. The largest absolute Gasteiger partial charge is 0.417 e. The molecule has 0 bridgehead atoms. The summed E-state index contributed by atoms with van der Waals surface area (Å²) in [6, 6.07) is 4.54. The first kappa shape index (κ1) is 32.9. The number of allylic oxidation sites excluding steroid dienone is 1. The Morgan fingerprint density at radius 2 is 1.64 bits per heavy atom. The molecule has 3 rings (SSSR count). The monoisotopic (exact) mass is 620 g/mol. The molecule has 14 heteroatoms. The number of carbonyl (C=O) groups excluding carboxylic acids is 2. The summed E-state index contributed by atoms with van der Waals surface area (Å²) in [6.45, 7) is -0.367. The Hall–Kier alpha value is -2.34. The third-order valence-electron chi connectivity index (χ3n) is 5.75. The number of halogens is 10. The molecule has 0 heterocycles. The lowest BCUT2D eigenvalue weighted by molar-refractivity contribution is -0.139. The van der Waals surface area contributed by atoms with Gasteiger partial charge in [-0.05, 0) is 49.2 Å². The number of rotatable bonds is 8. The van der Waals surface area contributed by atoms with E-state index in [2.05, 4.69) is 10.6 Å². The van der Waals surface area contributed by atoms with Crippen LogP contribution in [0.15, 0.2) is 36.4 Å². The number of amides is 1. The first-order valence-electron chi connectivity index (χ1n) is 11.2. The van der Waals surface area contributed by atoms with Gasteiger partial charge in [0.15, 0.2) is 6.29 Å². The summed E-state index contributed by atoms with van der Waals surface area (Å²) in [5, 5.41) is 4.94. The lowest BCUT2D eigenvalue weighted by Crippen LogP contribution is -2.45. The Morgan fingerprint density at radius 3 is 2.08 bits per heavy atom. The molecule has 2 N–H and O–H groups in total. The zero-order valence-electron chi connectivity index (χ0n) is 20.1. The molecule has 39 heavy (non-hydrogen) atoms. The molecule has 2 aromatic rings. The van der Waals surface area contributed by atoms with Crippen molar-refractivity contribution >= 4 is 53.1 Å².